The first-order valence-corrected chi connectivity index (χ1v) is 9.30. The molecular weight excluding hydrogens is 392 g/mol. The van der Waals surface area contributed by atoms with Crippen molar-refractivity contribution in [1.82, 2.24) is 9.99 Å². The molecule has 0 aliphatic carbocycles. The molecule has 0 aliphatic rings. The zero-order valence-corrected chi connectivity index (χ0v) is 17.1. The van der Waals surface area contributed by atoms with E-state index >= 15 is 0 Å². The molecule has 150 valence electrons. The number of benzene rings is 2. The molecule has 0 atom stereocenters. The molecule has 0 fully saturated rings. The van der Waals surface area contributed by atoms with Crippen LogP contribution in [0.25, 0.3) is 5.69 Å². The van der Waals surface area contributed by atoms with Gasteiger partial charge in [-0.1, -0.05) is 23.7 Å². The van der Waals surface area contributed by atoms with Crippen LogP contribution in [0.1, 0.15) is 22.5 Å². The van der Waals surface area contributed by atoms with Crippen molar-refractivity contribution in [3.05, 3.63) is 86.2 Å². The van der Waals surface area contributed by atoms with Gasteiger partial charge in [0.2, 0.25) is 0 Å². The van der Waals surface area contributed by atoms with Gasteiger partial charge in [0.05, 0.1) is 36.5 Å². The lowest BCUT2D eigenvalue weighted by Crippen LogP contribution is -2.06. The Morgan fingerprint density at radius 2 is 1.93 bits per heavy atom. The standard InChI is InChI=1S/C21H21ClN4O3/c1-14-10-17(13-24-23-12-16-4-6-18(22)7-5-16)15(2)25(14)20-9-8-19(26(27)28)11-21(20)29-3/h4-11,13,23H,12H2,1-3H3/b24-13-. The van der Waals surface area contributed by atoms with E-state index < -0.39 is 4.92 Å². The van der Waals surface area contributed by atoms with Gasteiger partial charge in [0.1, 0.15) is 5.75 Å². The van der Waals surface area contributed by atoms with E-state index in [2.05, 4.69) is 10.5 Å². The van der Waals surface area contributed by atoms with E-state index in [1.54, 1.807) is 12.3 Å². The summed E-state index contributed by atoms with van der Waals surface area (Å²) in [5, 5.41) is 16.0. The van der Waals surface area contributed by atoms with E-state index in [-0.39, 0.29) is 5.69 Å². The van der Waals surface area contributed by atoms with Gasteiger partial charge in [0, 0.05) is 28.0 Å². The Balaban J connectivity index is 1.81. The summed E-state index contributed by atoms with van der Waals surface area (Å²) in [6.07, 6.45) is 1.76. The summed E-state index contributed by atoms with van der Waals surface area (Å²) in [7, 11) is 1.50. The summed E-state index contributed by atoms with van der Waals surface area (Å²) in [6.45, 7) is 4.52. The highest BCUT2D eigenvalue weighted by atomic mass is 35.5. The third-order valence-corrected chi connectivity index (χ3v) is 4.83. The molecule has 0 bridgehead atoms. The largest absolute Gasteiger partial charge is 0.494 e. The highest BCUT2D eigenvalue weighted by molar-refractivity contribution is 6.30. The SMILES string of the molecule is COc1cc([N+](=O)[O-])ccc1-n1c(C)cc(/C=N\NCc2ccc(Cl)cc2)c1C. The van der Waals surface area contributed by atoms with Crippen LogP contribution in [0.15, 0.2) is 53.6 Å². The van der Waals surface area contributed by atoms with E-state index in [1.165, 1.54) is 19.2 Å². The van der Waals surface area contributed by atoms with Crippen LogP contribution < -0.4 is 10.2 Å². The lowest BCUT2D eigenvalue weighted by atomic mass is 10.2. The Hall–Kier alpha value is -3.32. The molecule has 1 heterocycles. The fourth-order valence-electron chi connectivity index (χ4n) is 3.11. The predicted octanol–water partition coefficient (Wildman–Crippen LogP) is 4.79. The smallest absolute Gasteiger partial charge is 0.273 e. The molecule has 0 amide bonds. The number of rotatable bonds is 7. The third-order valence-electron chi connectivity index (χ3n) is 4.58. The second kappa shape index (κ2) is 8.79. The van der Waals surface area contributed by atoms with Crippen molar-refractivity contribution >= 4 is 23.5 Å². The van der Waals surface area contributed by atoms with Crippen LogP contribution in [0.3, 0.4) is 0 Å². The molecule has 8 heteroatoms. The van der Waals surface area contributed by atoms with Crippen molar-refractivity contribution in [3.63, 3.8) is 0 Å². The number of nitrogens with one attached hydrogen (secondary N) is 1. The molecule has 7 nitrogen and oxygen atoms in total. The average molecular weight is 413 g/mol. The summed E-state index contributed by atoms with van der Waals surface area (Å²) >= 11 is 5.89. The number of aryl methyl sites for hydroxylation is 1. The number of methoxy groups -OCH3 is 1. The van der Waals surface area contributed by atoms with Crippen LogP contribution in [0.4, 0.5) is 5.69 Å². The minimum atomic E-state index is -0.438. The van der Waals surface area contributed by atoms with E-state index in [1.807, 2.05) is 48.7 Å². The number of ether oxygens (including phenoxy) is 1. The molecule has 0 unspecified atom stereocenters. The Labute approximate surface area is 173 Å². The summed E-state index contributed by atoms with van der Waals surface area (Å²) in [5.41, 5.74) is 7.68. The molecule has 0 aliphatic heterocycles. The van der Waals surface area contributed by atoms with Crippen LogP contribution in [-0.2, 0) is 6.54 Å². The van der Waals surface area contributed by atoms with Gasteiger partial charge in [-0.3, -0.25) is 10.1 Å². The number of halogens is 1. The number of nitro groups is 1. The van der Waals surface area contributed by atoms with Crippen LogP contribution in [0, 0.1) is 24.0 Å². The highest BCUT2D eigenvalue weighted by Crippen LogP contribution is 2.31. The Morgan fingerprint density at radius 3 is 2.59 bits per heavy atom. The van der Waals surface area contributed by atoms with Crippen molar-refractivity contribution in [3.8, 4) is 11.4 Å². The van der Waals surface area contributed by atoms with E-state index in [4.69, 9.17) is 16.3 Å². The minimum Gasteiger partial charge on any atom is -0.494 e. The first-order valence-electron chi connectivity index (χ1n) is 8.93. The maximum atomic E-state index is 11.0. The molecule has 3 rings (SSSR count). The fraction of sp³-hybridized carbons (Fsp3) is 0.190. The molecule has 3 aromatic rings. The van der Waals surface area contributed by atoms with Crippen LogP contribution in [-0.4, -0.2) is 22.8 Å². The topological polar surface area (TPSA) is 81.7 Å². The van der Waals surface area contributed by atoms with Gasteiger partial charge in [-0.05, 0) is 43.7 Å². The number of hydrogen-bond acceptors (Lipinski definition) is 5. The van der Waals surface area contributed by atoms with Crippen LogP contribution in [0.2, 0.25) is 5.02 Å². The van der Waals surface area contributed by atoms with Crippen molar-refractivity contribution in [1.29, 1.82) is 0 Å². The molecule has 0 radical (unpaired) electrons. The molecule has 2 aromatic carbocycles. The predicted molar refractivity (Wildman–Crippen MR) is 114 cm³/mol. The maximum absolute atomic E-state index is 11.0. The normalized spacial score (nSPS) is 11.0. The molecule has 0 saturated heterocycles. The van der Waals surface area contributed by atoms with Gasteiger partial charge in [-0.2, -0.15) is 5.10 Å². The van der Waals surface area contributed by atoms with Crippen molar-refractivity contribution in [2.24, 2.45) is 5.10 Å². The van der Waals surface area contributed by atoms with Crippen molar-refractivity contribution in [2.45, 2.75) is 20.4 Å². The highest BCUT2D eigenvalue weighted by Gasteiger charge is 2.16. The van der Waals surface area contributed by atoms with Gasteiger partial charge in [0.15, 0.2) is 0 Å². The fourth-order valence-corrected chi connectivity index (χ4v) is 3.23. The summed E-state index contributed by atoms with van der Waals surface area (Å²) in [4.78, 5) is 10.6. The Kier molecular flexibility index (Phi) is 6.19. The third kappa shape index (κ3) is 4.57. The molecule has 29 heavy (non-hydrogen) atoms. The first kappa shape index (κ1) is 20.4. The number of non-ortho nitro benzene ring substituents is 1. The van der Waals surface area contributed by atoms with Gasteiger partial charge in [-0.25, -0.2) is 0 Å². The van der Waals surface area contributed by atoms with E-state index in [0.717, 1.165) is 28.2 Å². The maximum Gasteiger partial charge on any atom is 0.273 e. The van der Waals surface area contributed by atoms with E-state index in [0.29, 0.717) is 17.3 Å². The minimum absolute atomic E-state index is 0.0127. The lowest BCUT2D eigenvalue weighted by molar-refractivity contribution is -0.384. The number of aromatic nitrogens is 1. The van der Waals surface area contributed by atoms with Gasteiger partial charge in [-0.15, -0.1) is 0 Å². The first-order chi connectivity index (χ1) is 13.9. The quantitative estimate of drug-likeness (QED) is 0.343. The second-order valence-corrected chi connectivity index (χ2v) is 6.93. The van der Waals surface area contributed by atoms with Crippen LogP contribution >= 0.6 is 11.6 Å². The average Bonchev–Trinajstić information content (AvgIpc) is 2.99. The van der Waals surface area contributed by atoms with Gasteiger partial charge in [0.25, 0.3) is 5.69 Å². The lowest BCUT2D eigenvalue weighted by Gasteiger charge is -2.13. The molecule has 0 spiro atoms. The monoisotopic (exact) mass is 412 g/mol. The molecule has 1 N–H and O–H groups in total. The number of hydrazone groups is 1. The number of hydrogen-bond donors (Lipinski definition) is 1. The number of nitrogens with zero attached hydrogens (tertiary/aromatic N) is 3. The summed E-state index contributed by atoms with van der Waals surface area (Å²) < 4.78 is 7.37. The number of nitro benzene ring substituents is 1. The summed E-state index contributed by atoms with van der Waals surface area (Å²) in [6, 6.07) is 14.2. The van der Waals surface area contributed by atoms with Crippen molar-refractivity contribution in [2.75, 3.05) is 7.11 Å². The van der Waals surface area contributed by atoms with Gasteiger partial charge >= 0.3 is 0 Å². The van der Waals surface area contributed by atoms with Crippen molar-refractivity contribution < 1.29 is 9.66 Å². The molecule has 1 aromatic heterocycles. The van der Waals surface area contributed by atoms with Crippen LogP contribution in [0.5, 0.6) is 5.75 Å². The summed E-state index contributed by atoms with van der Waals surface area (Å²) in [5.74, 6) is 0.436. The van der Waals surface area contributed by atoms with Gasteiger partial charge < -0.3 is 14.7 Å². The molecule has 0 saturated carbocycles. The second-order valence-electron chi connectivity index (χ2n) is 6.49. The Morgan fingerprint density at radius 1 is 1.21 bits per heavy atom. The zero-order chi connectivity index (χ0) is 21.0. The Bertz CT molecular complexity index is 1060. The van der Waals surface area contributed by atoms with E-state index in [9.17, 15) is 10.1 Å². The molecular formula is C21H21ClN4O3. The zero-order valence-electron chi connectivity index (χ0n) is 16.3.